The number of rotatable bonds is 7. The van der Waals surface area contributed by atoms with Crippen molar-refractivity contribution in [3.63, 3.8) is 0 Å². The van der Waals surface area contributed by atoms with Crippen LogP contribution >= 0.6 is 0 Å². The minimum absolute atomic E-state index is 0.868. The highest BCUT2D eigenvalue weighted by Crippen LogP contribution is 2.45. The molecule has 0 N–H and O–H groups in total. The maximum Gasteiger partial charge on any atom is 0.143 e. The van der Waals surface area contributed by atoms with Crippen LogP contribution in [-0.4, -0.2) is 0 Å². The van der Waals surface area contributed by atoms with Gasteiger partial charge in [0.15, 0.2) is 0 Å². The fraction of sp³-hybridized carbons (Fsp3) is 0. The Hall–Kier alpha value is -6.12. The number of anilines is 3. The quantitative estimate of drug-likeness (QED) is 0.184. The van der Waals surface area contributed by atoms with Crippen LogP contribution in [0.2, 0.25) is 0 Å². The summed E-state index contributed by atoms with van der Waals surface area (Å²) in [6, 6.07) is 66.1. The molecule has 0 saturated carbocycles. The summed E-state index contributed by atoms with van der Waals surface area (Å²) in [5, 5.41) is 1.11. The molecule has 1 aromatic heterocycles. The first-order valence-electron chi connectivity index (χ1n) is 15.6. The van der Waals surface area contributed by atoms with Gasteiger partial charge in [0.25, 0.3) is 0 Å². The van der Waals surface area contributed by atoms with Gasteiger partial charge >= 0.3 is 0 Å². The SMILES string of the molecule is c1ccc(-c2ccc(-c3ccccc3N(c3ccccc3)c3cccc(-c4oc5ccccc5c4-c4ccccc4)c3)cc2)cc1. The average Bonchev–Trinajstić information content (AvgIpc) is 3.53. The van der Waals surface area contributed by atoms with E-state index in [0.717, 1.165) is 61.6 Å². The van der Waals surface area contributed by atoms with Gasteiger partial charge in [-0.3, -0.25) is 0 Å². The van der Waals surface area contributed by atoms with Gasteiger partial charge in [0, 0.05) is 33.5 Å². The van der Waals surface area contributed by atoms with E-state index >= 15 is 0 Å². The number of nitrogens with zero attached hydrogens (tertiary/aromatic N) is 1. The van der Waals surface area contributed by atoms with Crippen molar-refractivity contribution in [1.29, 1.82) is 0 Å². The zero-order valence-corrected chi connectivity index (χ0v) is 25.3. The van der Waals surface area contributed by atoms with Crippen LogP contribution in [0.1, 0.15) is 0 Å². The molecule has 218 valence electrons. The van der Waals surface area contributed by atoms with Gasteiger partial charge in [-0.05, 0) is 58.7 Å². The summed E-state index contributed by atoms with van der Waals surface area (Å²) in [4.78, 5) is 2.34. The number of furan rings is 1. The largest absolute Gasteiger partial charge is 0.455 e. The Morgan fingerprint density at radius 1 is 0.370 bits per heavy atom. The lowest BCUT2D eigenvalue weighted by Gasteiger charge is -2.28. The van der Waals surface area contributed by atoms with Crippen LogP contribution in [-0.2, 0) is 0 Å². The zero-order chi connectivity index (χ0) is 30.7. The second-order valence-electron chi connectivity index (χ2n) is 11.4. The van der Waals surface area contributed by atoms with E-state index < -0.39 is 0 Å². The normalized spacial score (nSPS) is 11.0. The lowest BCUT2D eigenvalue weighted by molar-refractivity contribution is 0.632. The Morgan fingerprint density at radius 2 is 0.913 bits per heavy atom. The smallest absolute Gasteiger partial charge is 0.143 e. The number of hydrogen-bond acceptors (Lipinski definition) is 2. The van der Waals surface area contributed by atoms with Crippen LogP contribution in [0.4, 0.5) is 17.1 Å². The van der Waals surface area contributed by atoms with Crippen LogP contribution in [0.3, 0.4) is 0 Å². The van der Waals surface area contributed by atoms with Crippen molar-refractivity contribution in [3.8, 4) is 44.7 Å². The van der Waals surface area contributed by atoms with Crippen molar-refractivity contribution in [1.82, 2.24) is 0 Å². The molecule has 0 fully saturated rings. The van der Waals surface area contributed by atoms with Gasteiger partial charge in [-0.2, -0.15) is 0 Å². The van der Waals surface area contributed by atoms with Crippen LogP contribution in [0.25, 0.3) is 55.7 Å². The third-order valence-electron chi connectivity index (χ3n) is 8.49. The van der Waals surface area contributed by atoms with E-state index in [1.807, 2.05) is 12.1 Å². The van der Waals surface area contributed by atoms with E-state index in [-0.39, 0.29) is 0 Å². The summed E-state index contributed by atoms with van der Waals surface area (Å²) in [6.45, 7) is 0. The molecule has 8 rings (SSSR count). The van der Waals surface area contributed by atoms with E-state index in [1.165, 1.54) is 11.1 Å². The molecule has 8 aromatic rings. The Balaban J connectivity index is 1.27. The molecule has 46 heavy (non-hydrogen) atoms. The standard InChI is InChI=1S/C44H31NO/c1-4-15-32(16-5-1)33-27-29-34(30-28-33)39-23-10-12-25-41(39)45(37-20-8-3-9-21-37)38-22-14-19-36(31-38)44-43(35-17-6-2-7-18-35)40-24-11-13-26-42(40)46-44/h1-31H. The van der Waals surface area contributed by atoms with E-state index in [4.69, 9.17) is 4.42 Å². The first-order valence-corrected chi connectivity index (χ1v) is 15.6. The van der Waals surface area contributed by atoms with E-state index in [9.17, 15) is 0 Å². The highest BCUT2D eigenvalue weighted by atomic mass is 16.3. The molecule has 0 bridgehead atoms. The van der Waals surface area contributed by atoms with Gasteiger partial charge in [0.05, 0.1) is 5.69 Å². The molecule has 0 spiro atoms. The summed E-state index contributed by atoms with van der Waals surface area (Å²) in [6.07, 6.45) is 0. The molecule has 0 aliphatic carbocycles. The molecule has 0 amide bonds. The first kappa shape index (κ1) is 27.4. The Morgan fingerprint density at radius 3 is 1.67 bits per heavy atom. The van der Waals surface area contributed by atoms with Crippen LogP contribution < -0.4 is 4.90 Å². The third-order valence-corrected chi connectivity index (χ3v) is 8.49. The van der Waals surface area contributed by atoms with Crippen molar-refractivity contribution < 1.29 is 4.42 Å². The number of para-hydroxylation sites is 3. The van der Waals surface area contributed by atoms with Crippen LogP contribution in [0.15, 0.2) is 192 Å². The molecule has 7 aromatic carbocycles. The summed E-state index contributed by atoms with van der Waals surface area (Å²) < 4.78 is 6.61. The highest BCUT2D eigenvalue weighted by molar-refractivity contribution is 6.02. The number of hydrogen-bond donors (Lipinski definition) is 0. The summed E-state index contributed by atoms with van der Waals surface area (Å²) in [5.41, 5.74) is 12.1. The molecular formula is C44H31NO. The fourth-order valence-corrected chi connectivity index (χ4v) is 6.32. The van der Waals surface area contributed by atoms with E-state index in [0.29, 0.717) is 0 Å². The fourth-order valence-electron chi connectivity index (χ4n) is 6.32. The average molecular weight is 590 g/mol. The molecule has 0 unspecified atom stereocenters. The zero-order valence-electron chi connectivity index (χ0n) is 25.3. The third kappa shape index (κ3) is 5.16. The number of fused-ring (bicyclic) bond motifs is 1. The van der Waals surface area contributed by atoms with Gasteiger partial charge in [-0.15, -0.1) is 0 Å². The molecule has 2 nitrogen and oxygen atoms in total. The summed E-state index contributed by atoms with van der Waals surface area (Å²) >= 11 is 0. The topological polar surface area (TPSA) is 16.4 Å². The molecule has 0 radical (unpaired) electrons. The summed E-state index contributed by atoms with van der Waals surface area (Å²) in [5.74, 6) is 0.868. The number of benzene rings is 7. The Labute approximate surface area is 269 Å². The van der Waals surface area contributed by atoms with Crippen molar-refractivity contribution in [3.05, 3.63) is 188 Å². The molecule has 0 saturated heterocycles. The minimum atomic E-state index is 0.868. The Kier molecular flexibility index (Phi) is 7.22. The molecular weight excluding hydrogens is 558 g/mol. The highest BCUT2D eigenvalue weighted by Gasteiger charge is 2.21. The molecule has 0 aliphatic rings. The molecule has 0 aliphatic heterocycles. The van der Waals surface area contributed by atoms with Crippen molar-refractivity contribution in [2.45, 2.75) is 0 Å². The molecule has 1 heterocycles. The molecule has 0 atom stereocenters. The maximum atomic E-state index is 6.61. The second kappa shape index (κ2) is 12.1. The maximum absolute atomic E-state index is 6.61. The summed E-state index contributed by atoms with van der Waals surface area (Å²) in [7, 11) is 0. The Bertz CT molecular complexity index is 2230. The van der Waals surface area contributed by atoms with Gasteiger partial charge < -0.3 is 9.32 Å². The van der Waals surface area contributed by atoms with Gasteiger partial charge in [0.1, 0.15) is 11.3 Å². The van der Waals surface area contributed by atoms with Crippen LogP contribution in [0.5, 0.6) is 0 Å². The second-order valence-corrected chi connectivity index (χ2v) is 11.4. The van der Waals surface area contributed by atoms with Gasteiger partial charge in [0.2, 0.25) is 0 Å². The van der Waals surface area contributed by atoms with Crippen molar-refractivity contribution >= 4 is 28.0 Å². The predicted octanol–water partition coefficient (Wildman–Crippen LogP) is 12.6. The minimum Gasteiger partial charge on any atom is -0.455 e. The van der Waals surface area contributed by atoms with Gasteiger partial charge in [-0.1, -0.05) is 152 Å². The van der Waals surface area contributed by atoms with Crippen LogP contribution in [0, 0.1) is 0 Å². The van der Waals surface area contributed by atoms with Crippen molar-refractivity contribution in [2.24, 2.45) is 0 Å². The first-order chi connectivity index (χ1) is 22.8. The van der Waals surface area contributed by atoms with Gasteiger partial charge in [-0.25, -0.2) is 0 Å². The molecule has 2 heteroatoms. The monoisotopic (exact) mass is 589 g/mol. The lowest BCUT2D eigenvalue weighted by Crippen LogP contribution is -2.11. The van der Waals surface area contributed by atoms with E-state index in [1.54, 1.807) is 0 Å². The van der Waals surface area contributed by atoms with E-state index in [2.05, 4.69) is 181 Å². The lowest BCUT2D eigenvalue weighted by atomic mass is 9.97. The van der Waals surface area contributed by atoms with Crippen molar-refractivity contribution in [2.75, 3.05) is 4.90 Å². The predicted molar refractivity (Wildman–Crippen MR) is 193 cm³/mol.